The second kappa shape index (κ2) is 4.80. The van der Waals surface area contributed by atoms with E-state index in [4.69, 9.17) is 16.3 Å². The van der Waals surface area contributed by atoms with Crippen molar-refractivity contribution in [3.05, 3.63) is 52.8 Å². The van der Waals surface area contributed by atoms with Crippen molar-refractivity contribution in [2.45, 2.75) is 6.92 Å². The zero-order valence-corrected chi connectivity index (χ0v) is 10.4. The van der Waals surface area contributed by atoms with Crippen LogP contribution in [0.1, 0.15) is 5.56 Å². The van der Waals surface area contributed by atoms with E-state index in [1.165, 1.54) is 6.07 Å². The van der Waals surface area contributed by atoms with Crippen LogP contribution in [-0.2, 0) is 0 Å². The van der Waals surface area contributed by atoms with Crippen molar-refractivity contribution >= 4 is 24.9 Å². The van der Waals surface area contributed by atoms with Crippen molar-refractivity contribution in [1.29, 1.82) is 0 Å². The zero-order chi connectivity index (χ0) is 12.4. The molecule has 0 saturated carbocycles. The van der Waals surface area contributed by atoms with Crippen molar-refractivity contribution in [2.24, 2.45) is 0 Å². The van der Waals surface area contributed by atoms with Crippen LogP contribution in [0.25, 0.3) is 0 Å². The van der Waals surface area contributed by atoms with Gasteiger partial charge in [0, 0.05) is 11.1 Å². The van der Waals surface area contributed by atoms with E-state index in [2.05, 4.69) is 0 Å². The summed E-state index contributed by atoms with van der Waals surface area (Å²) in [4.78, 5) is 0. The molecular formula is C13H11BClFO. The minimum Gasteiger partial charge on any atom is -0.457 e. The highest BCUT2D eigenvalue weighted by molar-refractivity contribution is 6.32. The first-order chi connectivity index (χ1) is 8.06. The van der Waals surface area contributed by atoms with E-state index in [1.807, 2.05) is 13.0 Å². The predicted octanol–water partition coefficient (Wildman–Crippen LogP) is 2.84. The summed E-state index contributed by atoms with van der Waals surface area (Å²) >= 11 is 5.98. The van der Waals surface area contributed by atoms with E-state index in [1.54, 1.807) is 32.1 Å². The average molecular weight is 248 g/mol. The minimum absolute atomic E-state index is 0.277. The third-order valence-corrected chi connectivity index (χ3v) is 2.93. The highest BCUT2D eigenvalue weighted by Gasteiger charge is 2.03. The number of aryl methyl sites for hydroxylation is 1. The Hall–Kier alpha value is -1.48. The van der Waals surface area contributed by atoms with Gasteiger partial charge in [0.1, 0.15) is 25.2 Å². The molecule has 0 aliphatic heterocycles. The van der Waals surface area contributed by atoms with Crippen LogP contribution in [0.15, 0.2) is 36.4 Å². The van der Waals surface area contributed by atoms with Gasteiger partial charge in [-0.2, -0.15) is 0 Å². The monoisotopic (exact) mass is 248 g/mol. The zero-order valence-electron chi connectivity index (χ0n) is 9.63. The van der Waals surface area contributed by atoms with Crippen molar-refractivity contribution in [3.8, 4) is 11.5 Å². The van der Waals surface area contributed by atoms with Crippen LogP contribution in [0.2, 0.25) is 5.02 Å². The SMILES string of the molecule is Bc1ccc(Oc2ccc(C)c(Cl)c2)cc1F. The molecule has 0 aliphatic carbocycles. The Labute approximate surface area is 106 Å². The number of hydrogen-bond acceptors (Lipinski definition) is 1. The molecule has 2 aromatic carbocycles. The van der Waals surface area contributed by atoms with Gasteiger partial charge in [-0.15, -0.1) is 0 Å². The van der Waals surface area contributed by atoms with Crippen LogP contribution in [0, 0.1) is 12.7 Å². The maximum Gasteiger partial charge on any atom is 0.143 e. The summed E-state index contributed by atoms with van der Waals surface area (Å²) in [5.74, 6) is 0.789. The summed E-state index contributed by atoms with van der Waals surface area (Å²) in [6, 6.07) is 10.2. The molecule has 0 N–H and O–H groups in total. The third kappa shape index (κ3) is 2.80. The Morgan fingerprint density at radius 2 is 1.76 bits per heavy atom. The number of halogens is 2. The molecule has 1 nitrogen and oxygen atoms in total. The highest BCUT2D eigenvalue weighted by Crippen LogP contribution is 2.26. The fraction of sp³-hybridized carbons (Fsp3) is 0.0769. The van der Waals surface area contributed by atoms with Gasteiger partial charge in [-0.05, 0) is 30.7 Å². The molecule has 0 heterocycles. The Morgan fingerprint density at radius 3 is 2.41 bits per heavy atom. The van der Waals surface area contributed by atoms with Gasteiger partial charge in [-0.25, -0.2) is 4.39 Å². The van der Waals surface area contributed by atoms with Crippen LogP contribution in [0.4, 0.5) is 4.39 Å². The van der Waals surface area contributed by atoms with Gasteiger partial charge in [0.15, 0.2) is 0 Å². The smallest absolute Gasteiger partial charge is 0.143 e. The van der Waals surface area contributed by atoms with Gasteiger partial charge in [0.25, 0.3) is 0 Å². The van der Waals surface area contributed by atoms with Gasteiger partial charge >= 0.3 is 0 Å². The molecule has 0 bridgehead atoms. The highest BCUT2D eigenvalue weighted by atomic mass is 35.5. The first-order valence-electron chi connectivity index (χ1n) is 5.26. The molecule has 17 heavy (non-hydrogen) atoms. The quantitative estimate of drug-likeness (QED) is 0.743. The Kier molecular flexibility index (Phi) is 3.39. The van der Waals surface area contributed by atoms with Crippen LogP contribution >= 0.6 is 11.6 Å². The molecule has 0 atom stereocenters. The normalized spacial score (nSPS) is 10.3. The summed E-state index contributed by atoms with van der Waals surface area (Å²) in [6.07, 6.45) is 0. The lowest BCUT2D eigenvalue weighted by Gasteiger charge is -2.08. The standard InChI is InChI=1S/C13H11BClFO/c1-8-2-3-9(6-12(8)15)17-10-4-5-11(14)13(16)7-10/h2-7H,14H2,1H3. The molecule has 0 aliphatic rings. The maximum absolute atomic E-state index is 13.3. The van der Waals surface area contributed by atoms with Crippen LogP contribution < -0.4 is 10.2 Å². The van der Waals surface area contributed by atoms with E-state index in [0.717, 1.165) is 5.56 Å². The summed E-state index contributed by atoms with van der Waals surface area (Å²) in [7, 11) is 1.71. The number of benzene rings is 2. The van der Waals surface area contributed by atoms with Gasteiger partial charge in [0.05, 0.1) is 0 Å². The molecule has 2 rings (SSSR count). The summed E-state index contributed by atoms with van der Waals surface area (Å²) in [6.45, 7) is 1.91. The van der Waals surface area contributed by atoms with E-state index in [-0.39, 0.29) is 5.82 Å². The minimum atomic E-state index is -0.277. The molecule has 0 saturated heterocycles. The van der Waals surface area contributed by atoms with Crippen molar-refractivity contribution < 1.29 is 9.13 Å². The lowest BCUT2D eigenvalue weighted by Crippen LogP contribution is -2.07. The molecule has 0 spiro atoms. The number of rotatable bonds is 2. The lowest BCUT2D eigenvalue weighted by atomic mass is 9.96. The third-order valence-electron chi connectivity index (χ3n) is 2.52. The molecule has 0 radical (unpaired) electrons. The lowest BCUT2D eigenvalue weighted by molar-refractivity contribution is 0.477. The molecule has 0 aromatic heterocycles. The number of hydrogen-bond donors (Lipinski definition) is 0. The second-order valence-corrected chi connectivity index (χ2v) is 4.33. The van der Waals surface area contributed by atoms with Gasteiger partial charge in [0.2, 0.25) is 0 Å². The van der Waals surface area contributed by atoms with E-state index >= 15 is 0 Å². The molecular weight excluding hydrogens is 237 g/mol. The number of ether oxygens (including phenoxy) is 1. The Bertz CT molecular complexity index is 508. The van der Waals surface area contributed by atoms with Crippen LogP contribution in [-0.4, -0.2) is 7.85 Å². The second-order valence-electron chi connectivity index (χ2n) is 3.92. The molecule has 0 unspecified atom stereocenters. The molecule has 4 heteroatoms. The van der Waals surface area contributed by atoms with Crippen molar-refractivity contribution in [2.75, 3.05) is 0 Å². The van der Waals surface area contributed by atoms with Gasteiger partial charge in [-0.3, -0.25) is 0 Å². The summed E-state index contributed by atoms with van der Waals surface area (Å²) in [5.41, 5.74) is 1.58. The van der Waals surface area contributed by atoms with Gasteiger partial charge < -0.3 is 4.74 Å². The van der Waals surface area contributed by atoms with Crippen LogP contribution in [0.3, 0.4) is 0 Å². The molecule has 0 amide bonds. The fourth-order valence-electron chi connectivity index (χ4n) is 1.41. The van der Waals surface area contributed by atoms with E-state index in [0.29, 0.717) is 22.0 Å². The molecule has 86 valence electrons. The van der Waals surface area contributed by atoms with Crippen molar-refractivity contribution in [1.82, 2.24) is 0 Å². The van der Waals surface area contributed by atoms with Gasteiger partial charge in [-0.1, -0.05) is 29.2 Å². The van der Waals surface area contributed by atoms with E-state index < -0.39 is 0 Å². The maximum atomic E-state index is 13.3. The molecule has 0 fully saturated rings. The average Bonchev–Trinajstić information content (AvgIpc) is 2.29. The topological polar surface area (TPSA) is 9.23 Å². The Morgan fingerprint density at radius 1 is 1.12 bits per heavy atom. The largest absolute Gasteiger partial charge is 0.457 e. The predicted molar refractivity (Wildman–Crippen MR) is 70.8 cm³/mol. The summed E-state index contributed by atoms with van der Waals surface area (Å²) < 4.78 is 18.8. The van der Waals surface area contributed by atoms with E-state index in [9.17, 15) is 4.39 Å². The Balaban J connectivity index is 2.25. The summed E-state index contributed by atoms with van der Waals surface area (Å²) in [5, 5.41) is 0.634. The first kappa shape index (κ1) is 12.0. The first-order valence-corrected chi connectivity index (χ1v) is 5.64. The van der Waals surface area contributed by atoms with Crippen LogP contribution in [0.5, 0.6) is 11.5 Å². The van der Waals surface area contributed by atoms with Crippen molar-refractivity contribution in [3.63, 3.8) is 0 Å². The fourth-order valence-corrected chi connectivity index (χ4v) is 1.58. The molecule has 2 aromatic rings.